The number of carbonyl (C=O) groups is 1. The van der Waals surface area contributed by atoms with Gasteiger partial charge in [0.2, 0.25) is 0 Å². The SMILES string of the molecule is COc1nccnc1OC1CCC(NC(=O)COc2ccc(-c3ccccc3)cc2)CC1. The molecule has 0 radical (unpaired) electrons. The topological polar surface area (TPSA) is 82.6 Å². The maximum Gasteiger partial charge on any atom is 0.278 e. The molecule has 1 fully saturated rings. The fraction of sp³-hybridized carbons (Fsp3) is 0.320. The molecule has 0 spiro atoms. The Labute approximate surface area is 187 Å². The standard InChI is InChI=1S/C25H27N3O4/c1-30-24-25(27-16-15-26-24)32-22-13-9-20(10-14-22)28-23(29)17-31-21-11-7-19(8-12-21)18-5-3-2-4-6-18/h2-8,11-12,15-16,20,22H,9-10,13-14,17H2,1H3,(H,28,29). The fourth-order valence-electron chi connectivity index (χ4n) is 3.81. The van der Waals surface area contributed by atoms with E-state index in [1.807, 2.05) is 42.5 Å². The average molecular weight is 434 g/mol. The third kappa shape index (κ3) is 5.75. The minimum atomic E-state index is -0.114. The van der Waals surface area contributed by atoms with Crippen molar-refractivity contribution in [3.63, 3.8) is 0 Å². The summed E-state index contributed by atoms with van der Waals surface area (Å²) in [6.45, 7) is -0.00207. The van der Waals surface area contributed by atoms with E-state index < -0.39 is 0 Å². The van der Waals surface area contributed by atoms with Crippen molar-refractivity contribution in [1.82, 2.24) is 15.3 Å². The van der Waals surface area contributed by atoms with Crippen LogP contribution in [0.25, 0.3) is 11.1 Å². The molecule has 0 unspecified atom stereocenters. The lowest BCUT2D eigenvalue weighted by Crippen LogP contribution is -2.41. The second-order valence-electron chi connectivity index (χ2n) is 7.71. The first-order valence-corrected chi connectivity index (χ1v) is 10.8. The summed E-state index contributed by atoms with van der Waals surface area (Å²) in [5.41, 5.74) is 2.26. The van der Waals surface area contributed by atoms with Crippen molar-refractivity contribution < 1.29 is 19.0 Å². The maximum absolute atomic E-state index is 12.3. The van der Waals surface area contributed by atoms with E-state index in [0.717, 1.165) is 36.8 Å². The number of ether oxygens (including phenoxy) is 3. The Kier molecular flexibility index (Phi) is 7.17. The highest BCUT2D eigenvalue weighted by molar-refractivity contribution is 5.77. The molecule has 7 nitrogen and oxygen atoms in total. The number of nitrogens with zero attached hydrogens (tertiary/aromatic N) is 2. The Balaban J connectivity index is 1.19. The number of hydrogen-bond acceptors (Lipinski definition) is 6. The van der Waals surface area contributed by atoms with Crippen LogP contribution in [0.2, 0.25) is 0 Å². The third-order valence-electron chi connectivity index (χ3n) is 5.48. The second-order valence-corrected chi connectivity index (χ2v) is 7.71. The van der Waals surface area contributed by atoms with Crippen LogP contribution in [0.3, 0.4) is 0 Å². The van der Waals surface area contributed by atoms with Crippen molar-refractivity contribution in [1.29, 1.82) is 0 Å². The number of rotatable bonds is 8. The number of carbonyl (C=O) groups excluding carboxylic acids is 1. The summed E-state index contributed by atoms with van der Waals surface area (Å²) in [4.78, 5) is 20.6. The van der Waals surface area contributed by atoms with E-state index in [1.54, 1.807) is 19.5 Å². The zero-order valence-corrected chi connectivity index (χ0v) is 18.1. The van der Waals surface area contributed by atoms with Crippen LogP contribution < -0.4 is 19.5 Å². The lowest BCUT2D eigenvalue weighted by Gasteiger charge is -2.29. The van der Waals surface area contributed by atoms with Gasteiger partial charge in [-0.2, -0.15) is 0 Å². The van der Waals surface area contributed by atoms with Crippen molar-refractivity contribution in [2.75, 3.05) is 13.7 Å². The van der Waals surface area contributed by atoms with Crippen LogP contribution >= 0.6 is 0 Å². The minimum absolute atomic E-state index is 0.00207. The van der Waals surface area contributed by atoms with E-state index in [9.17, 15) is 4.79 Å². The van der Waals surface area contributed by atoms with Crippen molar-refractivity contribution >= 4 is 5.91 Å². The Morgan fingerprint density at radius 2 is 1.56 bits per heavy atom. The first-order valence-electron chi connectivity index (χ1n) is 10.8. The van der Waals surface area contributed by atoms with Crippen LogP contribution in [0.1, 0.15) is 25.7 Å². The summed E-state index contributed by atoms with van der Waals surface area (Å²) < 4.78 is 16.8. The largest absolute Gasteiger partial charge is 0.484 e. The molecule has 0 bridgehead atoms. The zero-order valence-electron chi connectivity index (χ0n) is 18.1. The maximum atomic E-state index is 12.3. The molecule has 1 saturated carbocycles. The summed E-state index contributed by atoms with van der Waals surface area (Å²) in [5, 5.41) is 3.06. The fourth-order valence-corrected chi connectivity index (χ4v) is 3.81. The molecule has 0 saturated heterocycles. The second kappa shape index (κ2) is 10.6. The number of amides is 1. The van der Waals surface area contributed by atoms with Gasteiger partial charge in [0.1, 0.15) is 11.9 Å². The van der Waals surface area contributed by atoms with E-state index in [-0.39, 0.29) is 24.7 Å². The lowest BCUT2D eigenvalue weighted by atomic mass is 9.93. The Hall–Kier alpha value is -3.61. The number of benzene rings is 2. The molecule has 1 aromatic heterocycles. The molecule has 1 heterocycles. The molecule has 1 aliphatic rings. The van der Waals surface area contributed by atoms with Crippen molar-refractivity contribution in [2.24, 2.45) is 0 Å². The van der Waals surface area contributed by atoms with Gasteiger partial charge in [0.25, 0.3) is 17.7 Å². The van der Waals surface area contributed by atoms with Crippen LogP contribution in [0.15, 0.2) is 67.0 Å². The minimum Gasteiger partial charge on any atom is -0.484 e. The summed E-state index contributed by atoms with van der Waals surface area (Å²) in [7, 11) is 1.54. The van der Waals surface area contributed by atoms with Gasteiger partial charge in [0.05, 0.1) is 7.11 Å². The molecule has 1 aliphatic carbocycles. The van der Waals surface area contributed by atoms with Crippen LogP contribution in [0.4, 0.5) is 0 Å². The smallest absolute Gasteiger partial charge is 0.278 e. The lowest BCUT2D eigenvalue weighted by molar-refractivity contribution is -0.124. The Bertz CT molecular complexity index is 1000. The average Bonchev–Trinajstić information content (AvgIpc) is 2.85. The predicted octanol–water partition coefficient (Wildman–Crippen LogP) is 4.04. The number of aromatic nitrogens is 2. The molecular weight excluding hydrogens is 406 g/mol. The summed E-state index contributed by atoms with van der Waals surface area (Å²) in [5.74, 6) is 1.36. The molecular formula is C25H27N3O4. The molecule has 166 valence electrons. The predicted molar refractivity (Wildman–Crippen MR) is 121 cm³/mol. The van der Waals surface area contributed by atoms with Crippen LogP contribution in [-0.4, -0.2) is 41.7 Å². The third-order valence-corrected chi connectivity index (χ3v) is 5.48. The van der Waals surface area contributed by atoms with Gasteiger partial charge in [-0.25, -0.2) is 9.97 Å². The van der Waals surface area contributed by atoms with Gasteiger partial charge in [-0.3, -0.25) is 4.79 Å². The highest BCUT2D eigenvalue weighted by Gasteiger charge is 2.25. The van der Waals surface area contributed by atoms with Crippen LogP contribution in [0, 0.1) is 0 Å². The van der Waals surface area contributed by atoms with E-state index >= 15 is 0 Å². The molecule has 4 rings (SSSR count). The number of hydrogen-bond donors (Lipinski definition) is 1. The van der Waals surface area contributed by atoms with Gasteiger partial charge in [0.15, 0.2) is 6.61 Å². The molecule has 7 heteroatoms. The molecule has 1 amide bonds. The van der Waals surface area contributed by atoms with Gasteiger partial charge in [-0.15, -0.1) is 0 Å². The highest BCUT2D eigenvalue weighted by atomic mass is 16.5. The van der Waals surface area contributed by atoms with Gasteiger partial charge in [-0.1, -0.05) is 42.5 Å². The van der Waals surface area contributed by atoms with Crippen molar-refractivity contribution in [3.05, 3.63) is 67.0 Å². The van der Waals surface area contributed by atoms with E-state index in [2.05, 4.69) is 27.4 Å². The number of methoxy groups -OCH3 is 1. The normalized spacial score (nSPS) is 17.9. The molecule has 1 N–H and O–H groups in total. The first kappa shape index (κ1) is 21.6. The number of nitrogens with one attached hydrogen (secondary N) is 1. The molecule has 3 aromatic rings. The molecule has 0 atom stereocenters. The van der Waals surface area contributed by atoms with E-state index in [4.69, 9.17) is 14.2 Å². The van der Waals surface area contributed by atoms with E-state index in [1.165, 1.54) is 0 Å². The van der Waals surface area contributed by atoms with E-state index in [0.29, 0.717) is 17.5 Å². The molecule has 32 heavy (non-hydrogen) atoms. The van der Waals surface area contributed by atoms with Crippen LogP contribution in [-0.2, 0) is 4.79 Å². The summed E-state index contributed by atoms with van der Waals surface area (Å²) in [6, 6.07) is 18.0. The highest BCUT2D eigenvalue weighted by Crippen LogP contribution is 2.27. The molecule has 2 aromatic carbocycles. The monoisotopic (exact) mass is 433 g/mol. The first-order chi connectivity index (χ1) is 15.7. The van der Waals surface area contributed by atoms with Gasteiger partial charge < -0.3 is 19.5 Å². The Morgan fingerprint density at radius 3 is 2.25 bits per heavy atom. The summed E-state index contributed by atoms with van der Waals surface area (Å²) >= 11 is 0. The van der Waals surface area contributed by atoms with Gasteiger partial charge in [-0.05, 0) is 48.9 Å². The van der Waals surface area contributed by atoms with Crippen LogP contribution in [0.5, 0.6) is 17.5 Å². The molecule has 0 aliphatic heterocycles. The zero-order chi connectivity index (χ0) is 22.2. The summed E-state index contributed by atoms with van der Waals surface area (Å²) in [6.07, 6.45) is 6.51. The quantitative estimate of drug-likeness (QED) is 0.577. The van der Waals surface area contributed by atoms with Gasteiger partial charge in [0, 0.05) is 18.4 Å². The van der Waals surface area contributed by atoms with Gasteiger partial charge >= 0.3 is 0 Å². The Morgan fingerprint density at radius 1 is 0.906 bits per heavy atom. The van der Waals surface area contributed by atoms with Crippen molar-refractivity contribution in [3.8, 4) is 28.6 Å². The van der Waals surface area contributed by atoms with Crippen molar-refractivity contribution in [2.45, 2.75) is 37.8 Å².